The molecule has 0 aromatic carbocycles. The molecule has 3 nitrogen and oxygen atoms in total. The lowest BCUT2D eigenvalue weighted by molar-refractivity contribution is 0.0985. The Labute approximate surface area is 115 Å². The molecule has 96 valence electrons. The average molecular weight is 270 g/mol. The van der Waals surface area contributed by atoms with E-state index in [4.69, 9.17) is 0 Å². The molecular weight excluding hydrogens is 256 g/mol. The maximum absolute atomic E-state index is 11.9. The summed E-state index contributed by atoms with van der Waals surface area (Å²) in [4.78, 5) is 21.3. The van der Waals surface area contributed by atoms with Crippen LogP contribution in [0.4, 0.5) is 0 Å². The molecule has 0 saturated carbocycles. The van der Waals surface area contributed by atoms with Gasteiger partial charge in [-0.2, -0.15) is 0 Å². The van der Waals surface area contributed by atoms with E-state index in [-0.39, 0.29) is 5.78 Å². The number of hydrogen-bond donors (Lipinski definition) is 1. The van der Waals surface area contributed by atoms with Crippen LogP contribution in [0.15, 0.2) is 36.7 Å². The predicted octanol–water partition coefficient (Wildman–Crippen LogP) is 4.27. The first kappa shape index (κ1) is 12.1. The Morgan fingerprint density at radius 1 is 1.37 bits per heavy atom. The molecule has 0 unspecified atom stereocenters. The van der Waals surface area contributed by atoms with Gasteiger partial charge in [0.15, 0.2) is 5.78 Å². The second kappa shape index (κ2) is 4.97. The van der Waals surface area contributed by atoms with Crippen molar-refractivity contribution in [2.24, 2.45) is 0 Å². The first-order valence-electron chi connectivity index (χ1n) is 6.35. The lowest BCUT2D eigenvalue weighted by Gasteiger charge is -1.94. The van der Waals surface area contributed by atoms with Crippen LogP contribution in [0.3, 0.4) is 0 Å². The number of rotatable bonds is 4. The fourth-order valence-electron chi connectivity index (χ4n) is 2.14. The Morgan fingerprint density at radius 3 is 3.11 bits per heavy atom. The number of pyridine rings is 1. The summed E-state index contributed by atoms with van der Waals surface area (Å²) in [5, 5.41) is 1.10. The summed E-state index contributed by atoms with van der Waals surface area (Å²) in [6.45, 7) is 2.03. The van der Waals surface area contributed by atoms with E-state index in [9.17, 15) is 4.79 Å². The molecule has 3 heterocycles. The molecule has 3 aromatic rings. The number of carbonyl (C=O) groups excluding carboxylic acids is 1. The first-order chi connectivity index (χ1) is 9.29. The quantitative estimate of drug-likeness (QED) is 0.719. The maximum atomic E-state index is 11.9. The van der Waals surface area contributed by atoms with Crippen molar-refractivity contribution in [1.82, 2.24) is 9.97 Å². The van der Waals surface area contributed by atoms with Gasteiger partial charge in [0, 0.05) is 34.6 Å². The number of aromatic amines is 1. The summed E-state index contributed by atoms with van der Waals surface area (Å²) in [7, 11) is 0. The largest absolute Gasteiger partial charge is 0.345 e. The Morgan fingerprint density at radius 2 is 2.26 bits per heavy atom. The number of Topliss-reactive ketones (excluding diaryl/α,β-unsaturated/α-hetero) is 1. The van der Waals surface area contributed by atoms with Crippen LogP contribution in [-0.2, 0) is 0 Å². The highest BCUT2D eigenvalue weighted by Gasteiger charge is 2.12. The first-order valence-corrected chi connectivity index (χ1v) is 7.16. The third kappa shape index (κ3) is 2.19. The molecule has 1 N–H and O–H groups in total. The minimum atomic E-state index is 0.233. The zero-order valence-corrected chi connectivity index (χ0v) is 11.5. The molecule has 0 radical (unpaired) electrons. The number of aromatic nitrogens is 2. The molecule has 0 atom stereocenters. The number of ketones is 1. The van der Waals surface area contributed by atoms with E-state index in [0.717, 1.165) is 32.8 Å². The molecule has 3 rings (SSSR count). The average Bonchev–Trinajstić information content (AvgIpc) is 3.05. The number of H-pyrrole nitrogens is 1. The van der Waals surface area contributed by atoms with Crippen LogP contribution in [0.25, 0.3) is 21.5 Å². The summed E-state index contributed by atoms with van der Waals surface area (Å²) < 4.78 is 0. The summed E-state index contributed by atoms with van der Waals surface area (Å²) in [6.07, 6.45) is 5.24. The van der Waals surface area contributed by atoms with Crippen molar-refractivity contribution in [3.8, 4) is 10.4 Å². The van der Waals surface area contributed by atoms with Gasteiger partial charge in [0.2, 0.25) is 0 Å². The lowest BCUT2D eigenvalue weighted by atomic mass is 10.2. The normalized spacial score (nSPS) is 11.0. The fourth-order valence-corrected chi connectivity index (χ4v) is 3.15. The van der Waals surface area contributed by atoms with Gasteiger partial charge in [0.1, 0.15) is 5.65 Å². The topological polar surface area (TPSA) is 45.8 Å². The van der Waals surface area contributed by atoms with Gasteiger partial charge in [-0.05, 0) is 30.7 Å². The van der Waals surface area contributed by atoms with Gasteiger partial charge in [-0.1, -0.05) is 6.92 Å². The number of hydrogen-bond acceptors (Lipinski definition) is 3. The highest BCUT2D eigenvalue weighted by Crippen LogP contribution is 2.33. The standard InChI is InChI=1S/C15H14N2OS/c1-2-4-12(18)14-7-6-13(19-14)11-9-17-15-10(11)5-3-8-16-15/h3,5-9H,2,4H2,1H3,(H,16,17). The molecule has 0 amide bonds. The molecule has 4 heteroatoms. The smallest absolute Gasteiger partial charge is 0.172 e. The minimum absolute atomic E-state index is 0.233. The molecule has 0 bridgehead atoms. The highest BCUT2D eigenvalue weighted by molar-refractivity contribution is 7.17. The predicted molar refractivity (Wildman–Crippen MR) is 78.6 cm³/mol. The summed E-state index contributed by atoms with van der Waals surface area (Å²) in [6, 6.07) is 7.91. The summed E-state index contributed by atoms with van der Waals surface area (Å²) >= 11 is 1.56. The van der Waals surface area contributed by atoms with Crippen LogP contribution in [0, 0.1) is 0 Å². The summed E-state index contributed by atoms with van der Waals surface area (Å²) in [5.41, 5.74) is 2.00. The Balaban J connectivity index is 2.01. The number of nitrogens with zero attached hydrogens (tertiary/aromatic N) is 1. The van der Waals surface area contributed by atoms with E-state index >= 15 is 0 Å². The van der Waals surface area contributed by atoms with Gasteiger partial charge >= 0.3 is 0 Å². The van der Waals surface area contributed by atoms with Crippen molar-refractivity contribution in [3.05, 3.63) is 41.5 Å². The minimum Gasteiger partial charge on any atom is -0.345 e. The zero-order chi connectivity index (χ0) is 13.2. The Hall–Kier alpha value is -1.94. The molecule has 0 aliphatic heterocycles. The van der Waals surface area contributed by atoms with E-state index in [2.05, 4.69) is 9.97 Å². The monoisotopic (exact) mass is 270 g/mol. The van der Waals surface area contributed by atoms with Crippen molar-refractivity contribution in [2.75, 3.05) is 0 Å². The van der Waals surface area contributed by atoms with Gasteiger partial charge in [-0.3, -0.25) is 4.79 Å². The van der Waals surface area contributed by atoms with Crippen LogP contribution in [0.2, 0.25) is 0 Å². The van der Waals surface area contributed by atoms with Crippen molar-refractivity contribution >= 4 is 28.2 Å². The van der Waals surface area contributed by atoms with Crippen molar-refractivity contribution in [3.63, 3.8) is 0 Å². The van der Waals surface area contributed by atoms with Gasteiger partial charge in [-0.25, -0.2) is 4.98 Å². The zero-order valence-electron chi connectivity index (χ0n) is 10.6. The SMILES string of the molecule is CCCC(=O)c1ccc(-c2c[nH]c3ncccc23)s1. The summed E-state index contributed by atoms with van der Waals surface area (Å²) in [5.74, 6) is 0.233. The third-order valence-corrected chi connectivity index (χ3v) is 4.23. The van der Waals surface area contributed by atoms with Crippen LogP contribution < -0.4 is 0 Å². The van der Waals surface area contributed by atoms with Crippen LogP contribution >= 0.6 is 11.3 Å². The van der Waals surface area contributed by atoms with E-state index < -0.39 is 0 Å². The fraction of sp³-hybridized carbons (Fsp3) is 0.200. The van der Waals surface area contributed by atoms with Gasteiger partial charge in [0.05, 0.1) is 4.88 Å². The number of nitrogens with one attached hydrogen (secondary N) is 1. The van der Waals surface area contributed by atoms with Gasteiger partial charge in [0.25, 0.3) is 0 Å². The molecule has 0 aliphatic rings. The molecule has 0 spiro atoms. The van der Waals surface area contributed by atoms with Crippen LogP contribution in [0.1, 0.15) is 29.4 Å². The molecule has 0 saturated heterocycles. The van der Waals surface area contributed by atoms with E-state index in [1.54, 1.807) is 17.5 Å². The van der Waals surface area contributed by atoms with Crippen molar-refractivity contribution < 1.29 is 4.79 Å². The third-order valence-electron chi connectivity index (χ3n) is 3.07. The Kier molecular flexibility index (Phi) is 3.17. The number of carbonyl (C=O) groups is 1. The maximum Gasteiger partial charge on any atom is 0.172 e. The molecule has 0 fully saturated rings. The Bertz CT molecular complexity index is 726. The molecular formula is C15H14N2OS. The highest BCUT2D eigenvalue weighted by atomic mass is 32.1. The molecule has 3 aromatic heterocycles. The van der Waals surface area contributed by atoms with Crippen LogP contribution in [-0.4, -0.2) is 15.8 Å². The van der Waals surface area contributed by atoms with Gasteiger partial charge < -0.3 is 4.98 Å². The van der Waals surface area contributed by atoms with E-state index in [1.165, 1.54) is 0 Å². The lowest BCUT2D eigenvalue weighted by Crippen LogP contribution is -1.93. The second-order valence-electron chi connectivity index (χ2n) is 4.44. The molecule has 19 heavy (non-hydrogen) atoms. The van der Waals surface area contributed by atoms with Crippen molar-refractivity contribution in [1.29, 1.82) is 0 Å². The van der Waals surface area contributed by atoms with Crippen molar-refractivity contribution in [2.45, 2.75) is 19.8 Å². The second-order valence-corrected chi connectivity index (χ2v) is 5.52. The van der Waals surface area contributed by atoms with E-state index in [0.29, 0.717) is 6.42 Å². The number of thiophene rings is 1. The number of fused-ring (bicyclic) bond motifs is 1. The molecule has 0 aliphatic carbocycles. The van der Waals surface area contributed by atoms with Crippen LogP contribution in [0.5, 0.6) is 0 Å². The van der Waals surface area contributed by atoms with E-state index in [1.807, 2.05) is 37.4 Å². The van der Waals surface area contributed by atoms with Gasteiger partial charge in [-0.15, -0.1) is 11.3 Å².